The Labute approximate surface area is 754 Å². The molecule has 3 aromatic rings. The van der Waals surface area contributed by atoms with E-state index in [4.69, 9.17) is 39.8 Å². The van der Waals surface area contributed by atoms with Gasteiger partial charge < -0.3 is 110 Å². The molecule has 5 rings (SSSR count). The number of imide groups is 1. The molecule has 1 aromatic heterocycles. The van der Waals surface area contributed by atoms with E-state index in [2.05, 4.69) is 74.1 Å². The van der Waals surface area contributed by atoms with E-state index < -0.39 is 133 Å². The van der Waals surface area contributed by atoms with Gasteiger partial charge >= 0.3 is 20.3 Å². The highest BCUT2D eigenvalue weighted by atomic mass is 32.2. The van der Waals surface area contributed by atoms with Crippen LogP contribution in [0, 0.1) is 6.92 Å². The molecule has 129 heavy (non-hydrogen) atoms. The molecule has 0 bridgehead atoms. The zero-order chi connectivity index (χ0) is 94.2. The maximum absolute atomic E-state index is 14.4. The van der Waals surface area contributed by atoms with Crippen LogP contribution >= 0.6 is 20.0 Å². The maximum Gasteiger partial charge on any atom is 0.697 e. The molecule has 2 heterocycles. The molecule has 2 aromatic carbocycles. The number of carbonyl (C=O) groups is 16. The minimum absolute atomic E-state index is 0.0184. The number of aryl methyl sites for hydroxylation is 1. The highest BCUT2D eigenvalue weighted by Gasteiger charge is 2.44. The first-order valence-electron chi connectivity index (χ1n) is 43.4. The van der Waals surface area contributed by atoms with E-state index in [0.29, 0.717) is 61.9 Å². The van der Waals surface area contributed by atoms with E-state index in [0.717, 1.165) is 34.2 Å². The number of primary amides is 1. The van der Waals surface area contributed by atoms with Crippen LogP contribution in [0.3, 0.4) is 0 Å². The summed E-state index contributed by atoms with van der Waals surface area (Å²) in [5.74, 6) is -10.8. The van der Waals surface area contributed by atoms with Gasteiger partial charge in [-0.05, 0) is 125 Å². The fourth-order valence-electron chi connectivity index (χ4n) is 13.4. The molecule has 2 fully saturated rings. The molecule has 0 spiro atoms. The lowest BCUT2D eigenvalue weighted by atomic mass is 9.80. The predicted molar refractivity (Wildman–Crippen MR) is 474 cm³/mol. The topological polar surface area (TPSA) is 622 Å². The van der Waals surface area contributed by atoms with Crippen LogP contribution in [0.2, 0.25) is 0 Å². The Bertz CT molecular complexity index is 4170. The van der Waals surface area contributed by atoms with E-state index >= 15 is 0 Å². The number of para-hydroxylation sites is 1. The number of carboxylic acids is 1. The Hall–Kier alpha value is -11.0. The van der Waals surface area contributed by atoms with Crippen molar-refractivity contribution in [2.24, 2.45) is 11.5 Å². The van der Waals surface area contributed by atoms with E-state index in [-0.39, 0.29) is 225 Å². The quantitative estimate of drug-likeness (QED) is 0.0124. The summed E-state index contributed by atoms with van der Waals surface area (Å²) in [5, 5.41) is 54.5. The number of thioether (sulfide) groups is 1. The van der Waals surface area contributed by atoms with E-state index in [1.165, 1.54) is 6.08 Å². The molecule has 16 amide bonds. The molecular weight excluding hydrogens is 1720 g/mol. The number of nitrogens with two attached hydrogens (primary N) is 2. The number of carbonyl (C=O) groups excluding carboxylic acids is 15. The van der Waals surface area contributed by atoms with Gasteiger partial charge in [0.05, 0.1) is 70.6 Å². The number of aromatic nitrogens is 1. The summed E-state index contributed by atoms with van der Waals surface area (Å²) < 4.78 is 38.0. The summed E-state index contributed by atoms with van der Waals surface area (Å²) in [6.45, 7) is 5.14. The Balaban J connectivity index is 0.883. The number of benzene rings is 2. The van der Waals surface area contributed by atoms with Crippen molar-refractivity contribution in [1.29, 1.82) is 0 Å². The first kappa shape index (κ1) is 109. The number of anilines is 2. The van der Waals surface area contributed by atoms with Crippen molar-refractivity contribution in [2.75, 3.05) is 122 Å². The predicted octanol–water partition coefficient (Wildman–Crippen LogP) is 1.21. The lowest BCUT2D eigenvalue weighted by molar-refractivity contribution is -0.150. The zero-order valence-electron chi connectivity index (χ0n) is 73.2. The Morgan fingerprint density at radius 2 is 1.16 bits per heavy atom. The molecule has 3 unspecified atom stereocenters. The lowest BCUT2D eigenvalue weighted by Gasteiger charge is -2.38. The van der Waals surface area contributed by atoms with E-state index in [9.17, 15) is 91.5 Å². The van der Waals surface area contributed by atoms with Crippen LogP contribution in [0.4, 0.5) is 16.2 Å². The third-order valence-electron chi connectivity index (χ3n) is 20.3. The van der Waals surface area contributed by atoms with Crippen molar-refractivity contribution in [3.05, 3.63) is 95.8 Å². The van der Waals surface area contributed by atoms with Gasteiger partial charge in [-0.15, -0.1) is 16.7 Å². The van der Waals surface area contributed by atoms with Crippen LogP contribution in [0.1, 0.15) is 171 Å². The number of nitrogens with zero attached hydrogens (tertiary/aromatic N) is 2. The summed E-state index contributed by atoms with van der Waals surface area (Å²) in [5.41, 5.74) is 13.4. The number of nitrogens with one attached hydrogen (secondary N) is 13. The molecule has 712 valence electrons. The molecule has 1 aliphatic carbocycles. The van der Waals surface area contributed by atoms with Crippen molar-refractivity contribution in [3.63, 3.8) is 0 Å². The average Bonchev–Trinajstić information content (AvgIpc) is 1.47. The van der Waals surface area contributed by atoms with Crippen molar-refractivity contribution in [2.45, 2.75) is 209 Å². The SMILES string of the molecule is CCCC(O)(CCCNC(=O)CN1C(=O)CC(SC[C@@H](N)C(=O)NCCCC[C@H](NC(=O)CCC(=O)NCCOCCOCCNC(=O)CCC(=O)NCCOCCOCCNC(=O)C2(NC(=O)[C@H](CCCC(=O)O)NC(=O)[C@H](CCCCNC(=O)/C=C/c3cccnc3)NC(=O)Cc3ccc(NC(=O)Nc4ccccc4C)cc3)CCCCC2)C(N)=O)C1=O)O[P+](=O)O. The molecule has 1 saturated carbocycles. The molecule has 0 radical (unpaired) electrons. The van der Waals surface area contributed by atoms with Crippen molar-refractivity contribution in [3.8, 4) is 0 Å². The van der Waals surface area contributed by atoms with Crippen LogP contribution in [0.15, 0.2) is 79.1 Å². The second kappa shape index (κ2) is 61.5. The number of aliphatic carboxylic acids is 1. The fraction of sp³-hybridized carbons (Fsp3) is 0.588. The van der Waals surface area contributed by atoms with Gasteiger partial charge in [0.1, 0.15) is 30.2 Å². The standard InChI is InChI=1S/C85H126N17O25PS/c1-3-33-85(120,127-128(121)122)36-15-40-90-74(109)56-102-75(110)54-67(81(102)117)129-57-62(86)78(114)94-39-12-7-19-64(77(87)113)97-72(107)32-31-71(106)93-43-47-124-50-49-123-45-41-91-69(104)29-30-70(105)92-42-46-125-51-52-126-48-44-95-82(118)84(34-9-4-10-35-84)101-80(116)66(21-13-22-76(111)112)99-79(115)65(20-8-11-38-89-68(103)28-25-60-17-14-37-88-55-60)98-73(108)53-59-23-26-61(27-24-59)96-83(119)100-63-18-6-5-16-58(63)2/h5-6,14,16-18,23-28,37,55,62,64-67,120H,3-4,7-13,15,19-22,29-36,38-54,56-57,86H2,1-2H3,(H16-,87,89,90,91,92,93,94,95,96,97,98,99,100,101,103,104,105,106,107,108,109,111,112,113,114,115,116,118,119,121,122)/p+1/b28-25+/t62-,64+,65+,66+,67?,85?/m1/s1. The van der Waals surface area contributed by atoms with Crippen molar-refractivity contribution < 1.29 is 120 Å². The summed E-state index contributed by atoms with van der Waals surface area (Å²) in [6, 6.07) is 12.3. The normalized spacial score (nSPS) is 15.0. The number of unbranched alkanes of at least 4 members (excludes halogenated alkanes) is 2. The number of likely N-dealkylation sites (tertiary alicyclic amines) is 1. The van der Waals surface area contributed by atoms with Crippen LogP contribution in [0.25, 0.3) is 6.08 Å². The van der Waals surface area contributed by atoms with Gasteiger partial charge in [0.25, 0.3) is 0 Å². The first-order valence-corrected chi connectivity index (χ1v) is 45.6. The van der Waals surface area contributed by atoms with Gasteiger partial charge in [-0.3, -0.25) is 81.8 Å². The molecule has 42 nitrogen and oxygen atoms in total. The first-order chi connectivity index (χ1) is 61.9. The van der Waals surface area contributed by atoms with Crippen LogP contribution in [-0.4, -0.2) is 271 Å². The summed E-state index contributed by atoms with van der Waals surface area (Å²) in [4.78, 5) is 220. The summed E-state index contributed by atoms with van der Waals surface area (Å²) >= 11 is 0.994. The van der Waals surface area contributed by atoms with Crippen LogP contribution in [-0.2, 0) is 106 Å². The maximum atomic E-state index is 14.4. The molecule has 44 heteroatoms. The third kappa shape index (κ3) is 45.7. The zero-order valence-corrected chi connectivity index (χ0v) is 74.9. The number of amides is 16. The van der Waals surface area contributed by atoms with Crippen LogP contribution in [0.5, 0.6) is 0 Å². The molecular formula is C85H127N17O25PS+. The van der Waals surface area contributed by atoms with E-state index in [1.54, 1.807) is 73.9 Å². The number of rotatable bonds is 66. The monoisotopic (exact) mass is 1850 g/mol. The molecule has 1 aliphatic heterocycles. The van der Waals surface area contributed by atoms with Gasteiger partial charge in [0.2, 0.25) is 88.5 Å². The minimum Gasteiger partial charge on any atom is -0.481 e. The number of urea groups is 1. The number of ether oxygens (including phenoxy) is 4. The Morgan fingerprint density at radius 1 is 0.605 bits per heavy atom. The third-order valence-corrected chi connectivity index (χ3v) is 22.1. The number of hydrogen-bond donors (Lipinski definition) is 18. The van der Waals surface area contributed by atoms with Crippen molar-refractivity contribution in [1.82, 2.24) is 68.4 Å². The minimum atomic E-state index is -3.06. The van der Waals surface area contributed by atoms with Gasteiger partial charge in [-0.2, -0.15) is 0 Å². The second-order valence-corrected chi connectivity index (χ2v) is 32.7. The average molecular weight is 1850 g/mol. The molecule has 7 atom stereocenters. The Kier molecular flexibility index (Phi) is 51.7. The van der Waals surface area contributed by atoms with Gasteiger partial charge in [0.15, 0.2) is 0 Å². The number of hydrogen-bond acceptors (Lipinski definition) is 26. The number of pyridine rings is 1. The van der Waals surface area contributed by atoms with Crippen molar-refractivity contribution >= 4 is 132 Å². The highest BCUT2D eigenvalue weighted by Crippen LogP contribution is 2.33. The largest absolute Gasteiger partial charge is 0.697 e. The molecule has 1 saturated heterocycles. The molecule has 2 aliphatic rings. The number of aliphatic hydroxyl groups is 1. The van der Waals surface area contributed by atoms with E-state index in [1.807, 2.05) is 19.1 Å². The van der Waals surface area contributed by atoms with Gasteiger partial charge in [0, 0.05) is 137 Å². The summed E-state index contributed by atoms with van der Waals surface area (Å²) in [6.07, 6.45) is 9.67. The number of carboxylic acid groups (broad SMARTS) is 1. The molecule has 20 N–H and O–H groups in total. The van der Waals surface area contributed by atoms with Crippen LogP contribution < -0.4 is 80.6 Å². The smallest absolute Gasteiger partial charge is 0.481 e. The Morgan fingerprint density at radius 3 is 1.74 bits per heavy atom. The highest BCUT2D eigenvalue weighted by molar-refractivity contribution is 8.00. The summed E-state index contributed by atoms with van der Waals surface area (Å²) in [7, 11) is -3.06. The van der Waals surface area contributed by atoms with Gasteiger partial charge in [-0.1, -0.05) is 73.5 Å². The fourth-order valence-corrected chi connectivity index (χ4v) is 15.0. The van der Waals surface area contributed by atoms with Gasteiger partial charge in [-0.25, -0.2) is 4.79 Å². The second-order valence-electron chi connectivity index (χ2n) is 30.8. The lowest BCUT2D eigenvalue weighted by Crippen LogP contribution is -2.63.